The number of hydrogen-bond donors (Lipinski definition) is 2. The van der Waals surface area contributed by atoms with Gasteiger partial charge in [-0.2, -0.15) is 0 Å². The fourth-order valence-corrected chi connectivity index (χ4v) is 3.21. The van der Waals surface area contributed by atoms with Gasteiger partial charge in [-0.3, -0.25) is 0 Å². The highest BCUT2D eigenvalue weighted by atomic mass is 127. The van der Waals surface area contributed by atoms with E-state index >= 15 is 0 Å². The van der Waals surface area contributed by atoms with Crippen LogP contribution in [-0.2, 0) is 6.54 Å². The van der Waals surface area contributed by atoms with Gasteiger partial charge in [0.25, 0.3) is 0 Å². The largest absolute Gasteiger partial charge is 0.493 e. The molecule has 2 N–H and O–H groups in total. The second-order valence-corrected chi connectivity index (χ2v) is 6.77. The maximum Gasteiger partial charge on any atom is 0.203 e. The molecule has 0 unspecified atom stereocenters. The van der Waals surface area contributed by atoms with Crippen molar-refractivity contribution in [2.24, 2.45) is 4.99 Å². The van der Waals surface area contributed by atoms with Crippen molar-refractivity contribution in [3.05, 3.63) is 27.7 Å². The molecule has 9 heteroatoms. The van der Waals surface area contributed by atoms with Gasteiger partial charge >= 0.3 is 0 Å². The zero-order valence-electron chi connectivity index (χ0n) is 16.5. The number of aromatic nitrogens is 1. The molecule has 0 spiro atoms. The lowest BCUT2D eigenvalue weighted by atomic mass is 10.2. The molecule has 27 heavy (non-hydrogen) atoms. The summed E-state index contributed by atoms with van der Waals surface area (Å²) >= 11 is 1.67. The van der Waals surface area contributed by atoms with Crippen molar-refractivity contribution in [1.82, 2.24) is 10.3 Å². The molecule has 1 aromatic carbocycles. The Bertz CT molecular complexity index is 735. The molecule has 0 saturated carbocycles. The molecule has 0 aliphatic carbocycles. The number of nitrogens with one attached hydrogen (secondary N) is 2. The van der Waals surface area contributed by atoms with Crippen molar-refractivity contribution < 1.29 is 14.2 Å². The summed E-state index contributed by atoms with van der Waals surface area (Å²) in [6.45, 7) is 7.35. The smallest absolute Gasteiger partial charge is 0.203 e. The predicted octanol–water partition coefficient (Wildman–Crippen LogP) is 3.98. The molecule has 2 aromatic rings. The second-order valence-electron chi connectivity index (χ2n) is 5.48. The molecule has 0 radical (unpaired) electrons. The minimum atomic E-state index is 0. The molecule has 1 heterocycles. The summed E-state index contributed by atoms with van der Waals surface area (Å²) in [4.78, 5) is 10.4. The lowest BCUT2D eigenvalue weighted by Gasteiger charge is -2.16. The van der Waals surface area contributed by atoms with Gasteiger partial charge < -0.3 is 24.8 Å². The van der Waals surface area contributed by atoms with E-state index in [2.05, 4.69) is 27.5 Å². The van der Waals surface area contributed by atoms with E-state index in [1.165, 1.54) is 4.88 Å². The normalized spacial score (nSPS) is 10.8. The molecule has 0 atom stereocenters. The number of halogens is 1. The van der Waals surface area contributed by atoms with Crippen molar-refractivity contribution >= 4 is 47.0 Å². The Morgan fingerprint density at radius 2 is 1.74 bits per heavy atom. The van der Waals surface area contributed by atoms with Gasteiger partial charge in [0.15, 0.2) is 17.5 Å². The Labute approximate surface area is 181 Å². The van der Waals surface area contributed by atoms with Crippen LogP contribution in [0.2, 0.25) is 0 Å². The van der Waals surface area contributed by atoms with Crippen LogP contribution in [0, 0.1) is 13.8 Å². The molecule has 0 bridgehead atoms. The quantitative estimate of drug-likeness (QED) is 0.336. The second kappa shape index (κ2) is 11.2. The first-order valence-electron chi connectivity index (χ1n) is 8.30. The van der Waals surface area contributed by atoms with Gasteiger partial charge in [0.2, 0.25) is 5.75 Å². The van der Waals surface area contributed by atoms with Gasteiger partial charge in [-0.05, 0) is 20.8 Å². The number of anilines is 1. The van der Waals surface area contributed by atoms with E-state index in [-0.39, 0.29) is 24.0 Å². The summed E-state index contributed by atoms with van der Waals surface area (Å²) < 4.78 is 16.1. The number of thiazole rings is 1. The number of ether oxygens (including phenoxy) is 3. The summed E-state index contributed by atoms with van der Waals surface area (Å²) in [6.07, 6.45) is 0. The van der Waals surface area contributed by atoms with Gasteiger partial charge in [0.05, 0.1) is 33.6 Å². The fraction of sp³-hybridized carbons (Fsp3) is 0.444. The lowest BCUT2D eigenvalue weighted by Crippen LogP contribution is -2.30. The highest BCUT2D eigenvalue weighted by molar-refractivity contribution is 14.0. The van der Waals surface area contributed by atoms with Crippen LogP contribution in [0.25, 0.3) is 0 Å². The highest BCUT2D eigenvalue weighted by Crippen LogP contribution is 2.39. The SMILES string of the molecule is CCNC(=NCc1nc(C)c(C)s1)Nc1cc(OC)c(OC)c(OC)c1.I. The first kappa shape index (κ1) is 23.3. The van der Waals surface area contributed by atoms with Crippen molar-refractivity contribution in [3.63, 3.8) is 0 Å². The van der Waals surface area contributed by atoms with Crippen molar-refractivity contribution in [2.75, 3.05) is 33.2 Å². The number of hydrogen-bond acceptors (Lipinski definition) is 6. The first-order valence-corrected chi connectivity index (χ1v) is 9.12. The summed E-state index contributed by atoms with van der Waals surface area (Å²) in [5.41, 5.74) is 1.84. The van der Waals surface area contributed by atoms with Crippen LogP contribution < -0.4 is 24.8 Å². The lowest BCUT2D eigenvalue weighted by molar-refractivity contribution is 0.324. The predicted molar refractivity (Wildman–Crippen MR) is 122 cm³/mol. The number of aryl methyl sites for hydroxylation is 2. The topological polar surface area (TPSA) is 77.0 Å². The zero-order valence-corrected chi connectivity index (χ0v) is 19.7. The average Bonchev–Trinajstić information content (AvgIpc) is 2.96. The maximum absolute atomic E-state index is 5.39. The van der Waals surface area contributed by atoms with E-state index < -0.39 is 0 Å². The minimum absolute atomic E-state index is 0. The summed E-state index contributed by atoms with van der Waals surface area (Å²) in [6, 6.07) is 3.68. The monoisotopic (exact) mass is 506 g/mol. The Hall–Kier alpha value is -1.75. The number of guanidine groups is 1. The van der Waals surface area contributed by atoms with Gasteiger partial charge in [0, 0.05) is 29.2 Å². The Balaban J connectivity index is 0.00000364. The summed E-state index contributed by atoms with van der Waals surface area (Å²) in [5, 5.41) is 7.49. The molecule has 0 fully saturated rings. The Morgan fingerprint density at radius 3 is 2.19 bits per heavy atom. The summed E-state index contributed by atoms with van der Waals surface area (Å²) in [5.74, 6) is 2.37. The molecule has 2 rings (SSSR count). The molecule has 150 valence electrons. The van der Waals surface area contributed by atoms with Gasteiger partial charge in [-0.1, -0.05) is 0 Å². The standard InChI is InChI=1S/C18H26N4O3S.HI/c1-7-19-18(20-10-16-21-11(2)12(3)26-16)22-13-8-14(23-4)17(25-6)15(9-13)24-5;/h8-9H,7,10H2,1-6H3,(H2,19,20,22);1H. The van der Waals surface area contributed by atoms with Gasteiger partial charge in [0.1, 0.15) is 5.01 Å². The third-order valence-corrected chi connectivity index (χ3v) is 4.77. The van der Waals surface area contributed by atoms with Crippen LogP contribution in [0.4, 0.5) is 5.69 Å². The number of benzene rings is 1. The van der Waals surface area contributed by atoms with Crippen molar-refractivity contribution in [2.45, 2.75) is 27.3 Å². The van der Waals surface area contributed by atoms with E-state index in [0.29, 0.717) is 29.8 Å². The number of nitrogens with zero attached hydrogens (tertiary/aromatic N) is 2. The molecule has 0 amide bonds. The summed E-state index contributed by atoms with van der Waals surface area (Å²) in [7, 11) is 4.76. The van der Waals surface area contributed by atoms with Gasteiger partial charge in [-0.15, -0.1) is 35.3 Å². The Morgan fingerprint density at radius 1 is 1.11 bits per heavy atom. The van der Waals surface area contributed by atoms with Crippen LogP contribution in [-0.4, -0.2) is 38.8 Å². The third-order valence-electron chi connectivity index (χ3n) is 3.72. The van der Waals surface area contributed by atoms with Crippen molar-refractivity contribution in [1.29, 1.82) is 0 Å². The molecule has 0 aliphatic rings. The van der Waals surface area contributed by atoms with E-state index in [4.69, 9.17) is 14.2 Å². The molecule has 0 aliphatic heterocycles. The molecular formula is C18H27IN4O3S. The first-order chi connectivity index (χ1) is 12.5. The van der Waals surface area contributed by atoms with E-state index in [1.807, 2.05) is 26.0 Å². The van der Waals surface area contributed by atoms with E-state index in [9.17, 15) is 0 Å². The van der Waals surface area contributed by atoms with Crippen LogP contribution in [0.5, 0.6) is 17.2 Å². The Kier molecular flexibility index (Phi) is 9.64. The third kappa shape index (κ3) is 6.13. The molecule has 0 saturated heterocycles. The molecular weight excluding hydrogens is 479 g/mol. The number of aliphatic imine (C=N–C) groups is 1. The van der Waals surface area contributed by atoms with Crippen LogP contribution in [0.1, 0.15) is 22.5 Å². The van der Waals surface area contributed by atoms with Crippen LogP contribution in [0.15, 0.2) is 17.1 Å². The number of rotatable bonds is 7. The minimum Gasteiger partial charge on any atom is -0.493 e. The molecule has 1 aromatic heterocycles. The fourth-order valence-electron chi connectivity index (χ4n) is 2.35. The van der Waals surface area contributed by atoms with E-state index in [1.54, 1.807) is 32.7 Å². The van der Waals surface area contributed by atoms with Crippen LogP contribution in [0.3, 0.4) is 0 Å². The van der Waals surface area contributed by atoms with E-state index in [0.717, 1.165) is 22.9 Å². The van der Waals surface area contributed by atoms with Gasteiger partial charge in [-0.25, -0.2) is 9.98 Å². The van der Waals surface area contributed by atoms with Crippen molar-refractivity contribution in [3.8, 4) is 17.2 Å². The highest BCUT2D eigenvalue weighted by Gasteiger charge is 2.14. The number of methoxy groups -OCH3 is 3. The van der Waals surface area contributed by atoms with Crippen LogP contribution >= 0.6 is 35.3 Å². The average molecular weight is 506 g/mol. The maximum atomic E-state index is 5.39. The molecule has 7 nitrogen and oxygen atoms in total. The zero-order chi connectivity index (χ0) is 19.1.